The van der Waals surface area contributed by atoms with Gasteiger partial charge in [-0.2, -0.15) is 0 Å². The normalized spacial score (nSPS) is 31.7. The molecule has 0 unspecified atom stereocenters. The SMILES string of the molecule is c1csc(CN2CCOC[C@]3(CCN(C4CCOCC4)C3)C2)n1. The van der Waals surface area contributed by atoms with E-state index in [1.807, 2.05) is 6.20 Å². The van der Waals surface area contributed by atoms with Crippen molar-refractivity contribution in [2.75, 3.05) is 52.6 Å². The Morgan fingerprint density at radius 1 is 1.17 bits per heavy atom. The average molecular weight is 337 g/mol. The number of rotatable bonds is 3. The van der Waals surface area contributed by atoms with Crippen molar-refractivity contribution in [3.8, 4) is 0 Å². The summed E-state index contributed by atoms with van der Waals surface area (Å²) in [5, 5.41) is 3.29. The molecule has 23 heavy (non-hydrogen) atoms. The Labute approximate surface area is 142 Å². The zero-order valence-corrected chi connectivity index (χ0v) is 14.6. The molecule has 1 spiro atoms. The molecule has 0 N–H and O–H groups in total. The molecule has 0 amide bonds. The highest BCUT2D eigenvalue weighted by atomic mass is 32.1. The molecular weight excluding hydrogens is 310 g/mol. The lowest BCUT2D eigenvalue weighted by Gasteiger charge is -2.35. The molecule has 4 rings (SSSR count). The van der Waals surface area contributed by atoms with Gasteiger partial charge in [-0.25, -0.2) is 4.98 Å². The molecule has 6 heteroatoms. The van der Waals surface area contributed by atoms with Crippen LogP contribution >= 0.6 is 11.3 Å². The van der Waals surface area contributed by atoms with Gasteiger partial charge in [0.05, 0.1) is 19.8 Å². The van der Waals surface area contributed by atoms with Gasteiger partial charge in [0.2, 0.25) is 0 Å². The minimum Gasteiger partial charge on any atom is -0.381 e. The van der Waals surface area contributed by atoms with Crippen LogP contribution in [-0.2, 0) is 16.0 Å². The molecule has 1 aromatic heterocycles. The van der Waals surface area contributed by atoms with Crippen LogP contribution < -0.4 is 0 Å². The lowest BCUT2D eigenvalue weighted by atomic mass is 9.87. The summed E-state index contributed by atoms with van der Waals surface area (Å²) in [6.07, 6.45) is 5.56. The largest absolute Gasteiger partial charge is 0.381 e. The van der Waals surface area contributed by atoms with Crippen molar-refractivity contribution in [1.29, 1.82) is 0 Å². The van der Waals surface area contributed by atoms with Crippen molar-refractivity contribution < 1.29 is 9.47 Å². The van der Waals surface area contributed by atoms with Crippen molar-refractivity contribution in [3.63, 3.8) is 0 Å². The van der Waals surface area contributed by atoms with Crippen molar-refractivity contribution in [1.82, 2.24) is 14.8 Å². The first-order chi connectivity index (χ1) is 11.3. The smallest absolute Gasteiger partial charge is 0.107 e. The van der Waals surface area contributed by atoms with Crippen LogP contribution in [0.2, 0.25) is 0 Å². The second-order valence-electron chi connectivity index (χ2n) is 7.25. The maximum atomic E-state index is 6.01. The molecule has 0 aromatic carbocycles. The molecule has 3 aliphatic heterocycles. The van der Waals surface area contributed by atoms with Gasteiger partial charge >= 0.3 is 0 Å². The third-order valence-electron chi connectivity index (χ3n) is 5.54. The maximum absolute atomic E-state index is 6.01. The number of ether oxygens (including phenoxy) is 2. The molecule has 3 saturated heterocycles. The van der Waals surface area contributed by atoms with E-state index in [-0.39, 0.29) is 0 Å². The van der Waals surface area contributed by atoms with Crippen LogP contribution in [0.4, 0.5) is 0 Å². The van der Waals surface area contributed by atoms with Crippen molar-refractivity contribution >= 4 is 11.3 Å². The molecule has 3 aliphatic rings. The van der Waals surface area contributed by atoms with Crippen LogP contribution in [0.1, 0.15) is 24.3 Å². The molecule has 1 aromatic rings. The first-order valence-electron chi connectivity index (χ1n) is 8.83. The number of nitrogens with zero attached hydrogens (tertiary/aromatic N) is 3. The Morgan fingerprint density at radius 3 is 2.91 bits per heavy atom. The van der Waals surface area contributed by atoms with Crippen LogP contribution in [0.25, 0.3) is 0 Å². The fraction of sp³-hybridized carbons (Fsp3) is 0.824. The molecule has 1 atom stereocenters. The fourth-order valence-corrected chi connectivity index (χ4v) is 4.97. The van der Waals surface area contributed by atoms with E-state index in [1.54, 1.807) is 11.3 Å². The molecule has 4 heterocycles. The van der Waals surface area contributed by atoms with Crippen molar-refractivity contribution in [2.45, 2.75) is 31.8 Å². The van der Waals surface area contributed by atoms with Crippen molar-refractivity contribution in [3.05, 3.63) is 16.6 Å². The summed E-state index contributed by atoms with van der Waals surface area (Å²) in [7, 11) is 0. The molecule has 0 aliphatic carbocycles. The fourth-order valence-electron chi connectivity index (χ4n) is 4.32. The summed E-state index contributed by atoms with van der Waals surface area (Å²) in [5.41, 5.74) is 0.312. The van der Waals surface area contributed by atoms with Crippen LogP contribution in [0.15, 0.2) is 11.6 Å². The average Bonchev–Trinajstić information content (AvgIpc) is 3.18. The van der Waals surface area contributed by atoms with Gasteiger partial charge in [-0.15, -0.1) is 11.3 Å². The van der Waals surface area contributed by atoms with Gasteiger partial charge in [-0.3, -0.25) is 9.80 Å². The first-order valence-corrected chi connectivity index (χ1v) is 9.71. The summed E-state index contributed by atoms with van der Waals surface area (Å²) >= 11 is 1.76. The van der Waals surface area contributed by atoms with Gasteiger partial charge in [0.1, 0.15) is 5.01 Å². The van der Waals surface area contributed by atoms with E-state index >= 15 is 0 Å². The quantitative estimate of drug-likeness (QED) is 0.841. The molecule has 0 bridgehead atoms. The first kappa shape index (κ1) is 16.0. The van der Waals surface area contributed by atoms with Gasteiger partial charge in [-0.1, -0.05) is 0 Å². The van der Waals surface area contributed by atoms with Crippen molar-refractivity contribution in [2.24, 2.45) is 5.41 Å². The van der Waals surface area contributed by atoms with Crippen LogP contribution in [-0.4, -0.2) is 73.4 Å². The summed E-state index contributed by atoms with van der Waals surface area (Å²) in [6, 6.07) is 0.721. The predicted molar refractivity (Wildman–Crippen MR) is 90.7 cm³/mol. The van der Waals surface area contributed by atoms with E-state index in [1.165, 1.54) is 37.4 Å². The maximum Gasteiger partial charge on any atom is 0.107 e. The zero-order chi connectivity index (χ0) is 15.5. The molecular formula is C17H27N3O2S. The van der Waals surface area contributed by atoms with Gasteiger partial charge in [0, 0.05) is 55.9 Å². The molecule has 128 valence electrons. The van der Waals surface area contributed by atoms with Gasteiger partial charge in [0.25, 0.3) is 0 Å². The zero-order valence-electron chi connectivity index (χ0n) is 13.8. The summed E-state index contributed by atoms with van der Waals surface area (Å²) in [6.45, 7) is 9.18. The van der Waals surface area contributed by atoms with Crippen LogP contribution in [0, 0.1) is 5.41 Å². The Kier molecular flexibility index (Phi) is 4.96. The standard InChI is InChI=1S/C17H27N3O2S/c1-7-21-8-2-15(1)20-5-3-17(13-20)12-19(6-9-22-14-17)11-16-18-4-10-23-16/h4,10,15H,1-3,5-9,11-14H2/t17-/m1/s1. The minimum absolute atomic E-state index is 0.312. The van der Waals surface area contributed by atoms with Gasteiger partial charge in [0.15, 0.2) is 0 Å². The molecule has 0 radical (unpaired) electrons. The lowest BCUT2D eigenvalue weighted by Crippen LogP contribution is -2.43. The van der Waals surface area contributed by atoms with Crippen LogP contribution in [0.5, 0.6) is 0 Å². The molecule has 3 fully saturated rings. The van der Waals surface area contributed by atoms with Gasteiger partial charge < -0.3 is 9.47 Å². The highest BCUT2D eigenvalue weighted by Crippen LogP contribution is 2.36. The Balaban J connectivity index is 1.40. The Bertz CT molecular complexity index is 492. The third-order valence-corrected chi connectivity index (χ3v) is 6.30. The minimum atomic E-state index is 0.312. The second kappa shape index (κ2) is 7.15. The summed E-state index contributed by atoms with van der Waals surface area (Å²) in [4.78, 5) is 9.72. The monoisotopic (exact) mass is 337 g/mol. The number of aromatic nitrogens is 1. The highest BCUT2D eigenvalue weighted by Gasteiger charge is 2.43. The Morgan fingerprint density at radius 2 is 2.09 bits per heavy atom. The third kappa shape index (κ3) is 3.77. The number of hydrogen-bond acceptors (Lipinski definition) is 6. The molecule has 0 saturated carbocycles. The van der Waals surface area contributed by atoms with E-state index in [0.29, 0.717) is 5.41 Å². The van der Waals surface area contributed by atoms with Gasteiger partial charge in [-0.05, 0) is 25.8 Å². The predicted octanol–water partition coefficient (Wildman–Crippen LogP) is 1.85. The highest BCUT2D eigenvalue weighted by molar-refractivity contribution is 7.09. The molecule has 5 nitrogen and oxygen atoms in total. The summed E-state index contributed by atoms with van der Waals surface area (Å²) in [5.74, 6) is 0. The number of likely N-dealkylation sites (tertiary alicyclic amines) is 1. The summed E-state index contributed by atoms with van der Waals surface area (Å²) < 4.78 is 11.5. The number of hydrogen-bond donors (Lipinski definition) is 0. The lowest BCUT2D eigenvalue weighted by molar-refractivity contribution is 0.0284. The van der Waals surface area contributed by atoms with E-state index in [0.717, 1.165) is 52.1 Å². The Hall–Kier alpha value is -0.530. The van der Waals surface area contributed by atoms with E-state index < -0.39 is 0 Å². The van der Waals surface area contributed by atoms with E-state index in [4.69, 9.17) is 9.47 Å². The topological polar surface area (TPSA) is 37.8 Å². The second-order valence-corrected chi connectivity index (χ2v) is 8.23. The van der Waals surface area contributed by atoms with E-state index in [2.05, 4.69) is 20.2 Å². The number of thiazole rings is 1. The van der Waals surface area contributed by atoms with E-state index in [9.17, 15) is 0 Å². The van der Waals surface area contributed by atoms with Crippen LogP contribution in [0.3, 0.4) is 0 Å².